The van der Waals surface area contributed by atoms with Crippen molar-refractivity contribution in [1.29, 1.82) is 0 Å². The van der Waals surface area contributed by atoms with Gasteiger partial charge < -0.3 is 20.1 Å². The SMILES string of the molecule is CO[C@H](CCC/C=C/C(C)(C)C)C(=O)NCC(=O)NCC1CC2(CCCCC2)C(=O)O1. The standard InChI is InChI=1S/C24H40N2O5/c1-23(2,3)12-8-5-7-11-19(30-4)21(28)26-17-20(27)25-16-18-15-24(22(29)31-18)13-9-6-10-14-24/h8,12,18-19H,5-7,9-11,13-17H2,1-4H3,(H,25,27)(H,26,28)/b12-8+/t18?,19-/m1/s1. The van der Waals surface area contributed by atoms with Crippen LogP contribution in [0.15, 0.2) is 12.2 Å². The van der Waals surface area contributed by atoms with E-state index in [9.17, 15) is 14.4 Å². The fourth-order valence-electron chi connectivity index (χ4n) is 4.37. The molecule has 0 bridgehead atoms. The summed E-state index contributed by atoms with van der Waals surface area (Å²) in [6.07, 6.45) is 11.5. The maximum Gasteiger partial charge on any atom is 0.312 e. The summed E-state index contributed by atoms with van der Waals surface area (Å²) in [5, 5.41) is 5.41. The van der Waals surface area contributed by atoms with Crippen LogP contribution >= 0.6 is 0 Å². The first kappa shape index (κ1) is 25.4. The molecular formula is C24H40N2O5. The van der Waals surface area contributed by atoms with E-state index in [1.807, 2.05) is 0 Å². The topological polar surface area (TPSA) is 93.7 Å². The van der Waals surface area contributed by atoms with Gasteiger partial charge in [-0.2, -0.15) is 0 Å². The highest BCUT2D eigenvalue weighted by molar-refractivity contribution is 5.87. The second-order valence-corrected chi connectivity index (χ2v) is 10.0. The zero-order chi connectivity index (χ0) is 22.9. The molecule has 2 atom stereocenters. The number of amides is 2. The molecule has 1 unspecified atom stereocenters. The predicted molar refractivity (Wildman–Crippen MR) is 119 cm³/mol. The highest BCUT2D eigenvalue weighted by atomic mass is 16.6. The second kappa shape index (κ2) is 11.7. The highest BCUT2D eigenvalue weighted by Gasteiger charge is 2.49. The Morgan fingerprint density at radius 1 is 1.23 bits per heavy atom. The molecule has 1 aliphatic carbocycles. The number of unbranched alkanes of at least 4 members (excludes halogenated alkanes) is 1. The van der Waals surface area contributed by atoms with Gasteiger partial charge in [0, 0.05) is 13.5 Å². The zero-order valence-electron chi connectivity index (χ0n) is 19.6. The molecule has 7 nitrogen and oxygen atoms in total. The van der Waals surface area contributed by atoms with E-state index in [4.69, 9.17) is 9.47 Å². The number of allylic oxidation sites excluding steroid dienone is 2. The minimum absolute atomic E-state index is 0.111. The average molecular weight is 437 g/mol. The number of rotatable bonds is 10. The average Bonchev–Trinajstić information content (AvgIpc) is 3.01. The fraction of sp³-hybridized carbons (Fsp3) is 0.792. The first-order valence-electron chi connectivity index (χ1n) is 11.6. The van der Waals surface area contributed by atoms with Gasteiger partial charge in [-0.05, 0) is 37.5 Å². The van der Waals surface area contributed by atoms with E-state index in [1.54, 1.807) is 0 Å². The second-order valence-electron chi connectivity index (χ2n) is 10.0. The summed E-state index contributed by atoms with van der Waals surface area (Å²) in [5.41, 5.74) is -0.186. The molecule has 0 radical (unpaired) electrons. The maximum absolute atomic E-state index is 12.3. The molecule has 31 heavy (non-hydrogen) atoms. The van der Waals surface area contributed by atoms with Crippen molar-refractivity contribution in [3.8, 4) is 0 Å². The Labute approximate surface area is 186 Å². The molecule has 176 valence electrons. The largest absolute Gasteiger partial charge is 0.460 e. The van der Waals surface area contributed by atoms with E-state index in [-0.39, 0.29) is 47.8 Å². The first-order chi connectivity index (χ1) is 14.6. The molecule has 0 aromatic heterocycles. The van der Waals surface area contributed by atoms with Crippen molar-refractivity contribution >= 4 is 17.8 Å². The van der Waals surface area contributed by atoms with Crippen molar-refractivity contribution in [2.24, 2.45) is 10.8 Å². The van der Waals surface area contributed by atoms with Crippen LogP contribution < -0.4 is 10.6 Å². The molecule has 1 saturated heterocycles. The first-order valence-corrected chi connectivity index (χ1v) is 11.6. The molecule has 1 heterocycles. The lowest BCUT2D eigenvalue weighted by molar-refractivity contribution is -0.150. The van der Waals surface area contributed by atoms with E-state index in [2.05, 4.69) is 43.6 Å². The summed E-state index contributed by atoms with van der Waals surface area (Å²) in [6, 6.07) is 0. The summed E-state index contributed by atoms with van der Waals surface area (Å²) >= 11 is 0. The van der Waals surface area contributed by atoms with Crippen LogP contribution in [0.1, 0.15) is 78.6 Å². The van der Waals surface area contributed by atoms with Crippen molar-refractivity contribution in [3.63, 3.8) is 0 Å². The van der Waals surface area contributed by atoms with Crippen LogP contribution in [-0.2, 0) is 23.9 Å². The van der Waals surface area contributed by atoms with Crippen molar-refractivity contribution in [2.75, 3.05) is 20.2 Å². The molecule has 1 spiro atoms. The summed E-state index contributed by atoms with van der Waals surface area (Å²) in [5.74, 6) is -0.692. The monoisotopic (exact) mass is 436 g/mol. The lowest BCUT2D eigenvalue weighted by atomic mass is 9.72. The molecule has 7 heteroatoms. The minimum atomic E-state index is -0.571. The zero-order valence-corrected chi connectivity index (χ0v) is 19.6. The van der Waals surface area contributed by atoms with Crippen LogP contribution in [0, 0.1) is 10.8 Å². The summed E-state index contributed by atoms with van der Waals surface area (Å²) in [7, 11) is 1.50. The Bertz CT molecular complexity index is 647. The van der Waals surface area contributed by atoms with Crippen LogP contribution in [-0.4, -0.2) is 50.2 Å². The molecule has 2 amide bonds. The van der Waals surface area contributed by atoms with Gasteiger partial charge in [0.2, 0.25) is 11.8 Å². The summed E-state index contributed by atoms with van der Waals surface area (Å²) in [6.45, 7) is 6.60. The van der Waals surface area contributed by atoms with Crippen LogP contribution in [0.25, 0.3) is 0 Å². The number of hydrogen-bond donors (Lipinski definition) is 2. The normalized spacial score (nSPS) is 21.8. The van der Waals surface area contributed by atoms with Gasteiger partial charge in [-0.1, -0.05) is 52.2 Å². The van der Waals surface area contributed by atoms with Crippen LogP contribution in [0.3, 0.4) is 0 Å². The quantitative estimate of drug-likeness (QED) is 0.311. The number of carbonyl (C=O) groups is 3. The number of esters is 1. The fourth-order valence-corrected chi connectivity index (χ4v) is 4.37. The number of carbonyl (C=O) groups excluding carboxylic acids is 3. The van der Waals surface area contributed by atoms with Crippen LogP contribution in [0.2, 0.25) is 0 Å². The van der Waals surface area contributed by atoms with Gasteiger partial charge in [-0.15, -0.1) is 0 Å². The summed E-state index contributed by atoms with van der Waals surface area (Å²) < 4.78 is 10.8. The van der Waals surface area contributed by atoms with E-state index in [1.165, 1.54) is 13.5 Å². The van der Waals surface area contributed by atoms with E-state index >= 15 is 0 Å². The van der Waals surface area contributed by atoms with Gasteiger partial charge in [0.25, 0.3) is 0 Å². The number of methoxy groups -OCH3 is 1. The highest BCUT2D eigenvalue weighted by Crippen LogP contribution is 2.45. The lowest BCUT2D eigenvalue weighted by Gasteiger charge is -2.28. The van der Waals surface area contributed by atoms with Gasteiger partial charge in [0.15, 0.2) is 0 Å². The van der Waals surface area contributed by atoms with Gasteiger partial charge in [-0.3, -0.25) is 14.4 Å². The molecule has 0 aromatic carbocycles. The molecule has 1 saturated carbocycles. The van der Waals surface area contributed by atoms with Crippen molar-refractivity contribution in [1.82, 2.24) is 10.6 Å². The van der Waals surface area contributed by atoms with Crippen molar-refractivity contribution in [3.05, 3.63) is 12.2 Å². The molecular weight excluding hydrogens is 396 g/mol. The van der Waals surface area contributed by atoms with Gasteiger partial charge >= 0.3 is 5.97 Å². The molecule has 2 fully saturated rings. The molecule has 1 aliphatic heterocycles. The third kappa shape index (κ3) is 8.28. The van der Waals surface area contributed by atoms with E-state index in [0.717, 1.165) is 38.5 Å². The Balaban J connectivity index is 1.65. The van der Waals surface area contributed by atoms with Crippen molar-refractivity contribution in [2.45, 2.75) is 90.8 Å². The van der Waals surface area contributed by atoms with Crippen LogP contribution in [0.5, 0.6) is 0 Å². The van der Waals surface area contributed by atoms with E-state index < -0.39 is 6.10 Å². The number of nitrogens with one attached hydrogen (secondary N) is 2. The van der Waals surface area contributed by atoms with Crippen molar-refractivity contribution < 1.29 is 23.9 Å². The third-order valence-corrected chi connectivity index (χ3v) is 6.12. The minimum Gasteiger partial charge on any atom is -0.460 e. The maximum atomic E-state index is 12.3. The molecule has 2 rings (SSSR count). The number of cyclic esters (lactones) is 1. The smallest absolute Gasteiger partial charge is 0.312 e. The summed E-state index contributed by atoms with van der Waals surface area (Å²) in [4.78, 5) is 36.7. The Morgan fingerprint density at radius 2 is 1.94 bits per heavy atom. The van der Waals surface area contributed by atoms with Gasteiger partial charge in [0.1, 0.15) is 12.2 Å². The molecule has 0 aromatic rings. The number of ether oxygens (including phenoxy) is 2. The predicted octanol–water partition coefficient (Wildman–Crippen LogP) is 3.27. The third-order valence-electron chi connectivity index (χ3n) is 6.12. The Kier molecular flexibility index (Phi) is 9.54. The van der Waals surface area contributed by atoms with Gasteiger partial charge in [0.05, 0.1) is 18.5 Å². The lowest BCUT2D eigenvalue weighted by Crippen LogP contribution is -2.43. The van der Waals surface area contributed by atoms with Gasteiger partial charge in [-0.25, -0.2) is 0 Å². The van der Waals surface area contributed by atoms with E-state index in [0.29, 0.717) is 12.8 Å². The Morgan fingerprint density at radius 3 is 2.58 bits per heavy atom. The molecule has 2 N–H and O–H groups in total. The molecule has 2 aliphatic rings. The Hall–Kier alpha value is -1.89. The van der Waals surface area contributed by atoms with Crippen LogP contribution in [0.4, 0.5) is 0 Å². The number of hydrogen-bond acceptors (Lipinski definition) is 5.